The van der Waals surface area contributed by atoms with E-state index in [-0.39, 0.29) is 5.91 Å². The lowest BCUT2D eigenvalue weighted by atomic mass is 10.2. The monoisotopic (exact) mass is 241 g/mol. The summed E-state index contributed by atoms with van der Waals surface area (Å²) in [5.41, 5.74) is 2.73. The van der Waals surface area contributed by atoms with Gasteiger partial charge in [0, 0.05) is 18.9 Å². The van der Waals surface area contributed by atoms with Crippen LogP contribution in [0.25, 0.3) is 0 Å². The standard InChI is InChI=1S/C14H15N3O/c1-10-3-6-12(7-4-10)17-13-8-5-11(9-16-13)14(18)15-2/h3-9H,1-2H3,(H,15,18)(H,16,17). The lowest BCUT2D eigenvalue weighted by molar-refractivity contribution is 0.0963. The Bertz CT molecular complexity index is 532. The molecule has 2 aromatic rings. The maximum atomic E-state index is 11.3. The molecule has 0 aliphatic carbocycles. The smallest absolute Gasteiger partial charge is 0.252 e. The first-order chi connectivity index (χ1) is 8.69. The number of carbonyl (C=O) groups is 1. The van der Waals surface area contributed by atoms with Crippen molar-refractivity contribution in [1.29, 1.82) is 0 Å². The van der Waals surface area contributed by atoms with Crippen LogP contribution in [0, 0.1) is 6.92 Å². The Hall–Kier alpha value is -2.36. The highest BCUT2D eigenvalue weighted by Crippen LogP contribution is 2.15. The fourth-order valence-electron chi connectivity index (χ4n) is 1.53. The molecule has 0 aliphatic heterocycles. The molecule has 1 heterocycles. The molecule has 1 aromatic carbocycles. The Kier molecular flexibility index (Phi) is 3.57. The van der Waals surface area contributed by atoms with Crippen LogP contribution < -0.4 is 10.6 Å². The number of rotatable bonds is 3. The SMILES string of the molecule is CNC(=O)c1ccc(Nc2ccc(C)cc2)nc1. The molecular formula is C14H15N3O. The van der Waals surface area contributed by atoms with Gasteiger partial charge in [0.1, 0.15) is 5.82 Å². The summed E-state index contributed by atoms with van der Waals surface area (Å²) in [5.74, 6) is 0.580. The van der Waals surface area contributed by atoms with Crippen molar-refractivity contribution in [3.63, 3.8) is 0 Å². The zero-order valence-corrected chi connectivity index (χ0v) is 10.4. The van der Waals surface area contributed by atoms with Crippen molar-refractivity contribution in [3.05, 3.63) is 53.7 Å². The van der Waals surface area contributed by atoms with E-state index in [0.717, 1.165) is 5.69 Å². The summed E-state index contributed by atoms with van der Waals surface area (Å²) in [4.78, 5) is 15.5. The topological polar surface area (TPSA) is 54.0 Å². The lowest BCUT2D eigenvalue weighted by Crippen LogP contribution is -2.17. The largest absolute Gasteiger partial charge is 0.355 e. The molecule has 1 amide bonds. The second kappa shape index (κ2) is 5.31. The molecule has 0 spiro atoms. The first-order valence-corrected chi connectivity index (χ1v) is 5.71. The van der Waals surface area contributed by atoms with Crippen LogP contribution in [0.2, 0.25) is 0 Å². The van der Waals surface area contributed by atoms with Crippen LogP contribution in [-0.2, 0) is 0 Å². The molecule has 18 heavy (non-hydrogen) atoms. The van der Waals surface area contributed by atoms with Crippen LogP contribution in [-0.4, -0.2) is 17.9 Å². The van der Waals surface area contributed by atoms with Crippen LogP contribution in [0.1, 0.15) is 15.9 Å². The van der Waals surface area contributed by atoms with Gasteiger partial charge in [-0.2, -0.15) is 0 Å². The first kappa shape index (κ1) is 12.1. The van der Waals surface area contributed by atoms with Gasteiger partial charge in [-0.1, -0.05) is 17.7 Å². The van der Waals surface area contributed by atoms with Gasteiger partial charge < -0.3 is 10.6 Å². The molecule has 0 saturated heterocycles. The molecule has 92 valence electrons. The molecule has 0 fully saturated rings. The third kappa shape index (κ3) is 2.85. The van der Waals surface area contributed by atoms with Crippen molar-refractivity contribution >= 4 is 17.4 Å². The number of hydrogen-bond donors (Lipinski definition) is 2. The van der Waals surface area contributed by atoms with E-state index >= 15 is 0 Å². The summed E-state index contributed by atoms with van der Waals surface area (Å²) in [6.07, 6.45) is 1.55. The average molecular weight is 241 g/mol. The molecule has 2 rings (SSSR count). The molecule has 0 saturated carbocycles. The number of hydrogen-bond acceptors (Lipinski definition) is 3. The van der Waals surface area contributed by atoms with Crippen molar-refractivity contribution in [3.8, 4) is 0 Å². The minimum absolute atomic E-state index is 0.135. The van der Waals surface area contributed by atoms with Crippen LogP contribution in [0.15, 0.2) is 42.6 Å². The van der Waals surface area contributed by atoms with Crippen molar-refractivity contribution in [2.75, 3.05) is 12.4 Å². The molecule has 0 unspecified atom stereocenters. The summed E-state index contributed by atoms with van der Waals surface area (Å²) in [6, 6.07) is 11.6. The first-order valence-electron chi connectivity index (χ1n) is 5.71. The van der Waals surface area contributed by atoms with E-state index in [2.05, 4.69) is 15.6 Å². The summed E-state index contributed by atoms with van der Waals surface area (Å²) in [7, 11) is 1.60. The highest BCUT2D eigenvalue weighted by molar-refractivity contribution is 5.93. The van der Waals surface area contributed by atoms with Crippen molar-refractivity contribution < 1.29 is 4.79 Å². The summed E-state index contributed by atoms with van der Waals surface area (Å²) < 4.78 is 0. The number of anilines is 2. The average Bonchev–Trinajstić information content (AvgIpc) is 2.41. The normalized spacial score (nSPS) is 9.89. The summed E-state index contributed by atoms with van der Waals surface area (Å²) >= 11 is 0. The van der Waals surface area contributed by atoms with E-state index in [9.17, 15) is 4.79 Å². The van der Waals surface area contributed by atoms with Gasteiger partial charge in [-0.3, -0.25) is 4.79 Å². The second-order valence-electron chi connectivity index (χ2n) is 4.00. The zero-order valence-electron chi connectivity index (χ0n) is 10.4. The van der Waals surface area contributed by atoms with Crippen LogP contribution in [0.4, 0.5) is 11.5 Å². The fourth-order valence-corrected chi connectivity index (χ4v) is 1.53. The Morgan fingerprint density at radius 1 is 1.11 bits per heavy atom. The van der Waals surface area contributed by atoms with E-state index in [1.54, 1.807) is 25.4 Å². The van der Waals surface area contributed by atoms with E-state index < -0.39 is 0 Å². The predicted molar refractivity (Wildman–Crippen MR) is 72.1 cm³/mol. The van der Waals surface area contributed by atoms with Gasteiger partial charge in [-0.15, -0.1) is 0 Å². The number of aromatic nitrogens is 1. The second-order valence-corrected chi connectivity index (χ2v) is 4.00. The minimum atomic E-state index is -0.135. The maximum Gasteiger partial charge on any atom is 0.252 e. The Balaban J connectivity index is 2.10. The number of carbonyl (C=O) groups excluding carboxylic acids is 1. The molecule has 4 nitrogen and oxygen atoms in total. The fraction of sp³-hybridized carbons (Fsp3) is 0.143. The molecule has 2 N–H and O–H groups in total. The number of amides is 1. The van der Waals surface area contributed by atoms with Gasteiger partial charge in [0.05, 0.1) is 5.56 Å². The molecule has 0 radical (unpaired) electrons. The minimum Gasteiger partial charge on any atom is -0.355 e. The number of pyridine rings is 1. The predicted octanol–water partition coefficient (Wildman–Crippen LogP) is 2.49. The maximum absolute atomic E-state index is 11.3. The van der Waals surface area contributed by atoms with Gasteiger partial charge >= 0.3 is 0 Å². The molecule has 0 atom stereocenters. The van der Waals surface area contributed by atoms with Crippen molar-refractivity contribution in [2.24, 2.45) is 0 Å². The lowest BCUT2D eigenvalue weighted by Gasteiger charge is -2.06. The summed E-state index contributed by atoms with van der Waals surface area (Å²) in [6.45, 7) is 2.04. The van der Waals surface area contributed by atoms with Crippen LogP contribution in [0.5, 0.6) is 0 Å². The van der Waals surface area contributed by atoms with Crippen LogP contribution in [0.3, 0.4) is 0 Å². The van der Waals surface area contributed by atoms with E-state index in [0.29, 0.717) is 11.4 Å². The van der Waals surface area contributed by atoms with E-state index in [1.165, 1.54) is 5.56 Å². The Labute approximate surface area is 106 Å². The van der Waals surface area contributed by atoms with Gasteiger partial charge in [0.2, 0.25) is 0 Å². The van der Waals surface area contributed by atoms with Gasteiger partial charge in [-0.05, 0) is 31.2 Å². The Morgan fingerprint density at radius 3 is 2.39 bits per heavy atom. The molecule has 1 aromatic heterocycles. The number of nitrogens with zero attached hydrogens (tertiary/aromatic N) is 1. The number of nitrogens with one attached hydrogen (secondary N) is 2. The van der Waals surface area contributed by atoms with E-state index in [1.807, 2.05) is 31.2 Å². The number of benzene rings is 1. The zero-order chi connectivity index (χ0) is 13.0. The van der Waals surface area contributed by atoms with Crippen LogP contribution >= 0.6 is 0 Å². The third-order valence-corrected chi connectivity index (χ3v) is 2.58. The Morgan fingerprint density at radius 2 is 1.83 bits per heavy atom. The van der Waals surface area contributed by atoms with Crippen molar-refractivity contribution in [1.82, 2.24) is 10.3 Å². The van der Waals surface area contributed by atoms with E-state index in [4.69, 9.17) is 0 Å². The summed E-state index contributed by atoms with van der Waals surface area (Å²) in [5, 5.41) is 5.73. The van der Waals surface area contributed by atoms with Crippen molar-refractivity contribution in [2.45, 2.75) is 6.92 Å². The molecule has 0 aliphatic rings. The van der Waals surface area contributed by atoms with Gasteiger partial charge in [-0.25, -0.2) is 4.98 Å². The quantitative estimate of drug-likeness (QED) is 0.868. The highest BCUT2D eigenvalue weighted by atomic mass is 16.1. The molecular weight excluding hydrogens is 226 g/mol. The number of aryl methyl sites for hydroxylation is 1. The highest BCUT2D eigenvalue weighted by Gasteiger charge is 2.03. The van der Waals surface area contributed by atoms with Gasteiger partial charge in [0.25, 0.3) is 5.91 Å². The molecule has 0 bridgehead atoms. The third-order valence-electron chi connectivity index (χ3n) is 2.58. The molecule has 4 heteroatoms. The van der Waals surface area contributed by atoms with Gasteiger partial charge in [0.15, 0.2) is 0 Å².